The minimum atomic E-state index is -0.572. The second-order valence-corrected chi connectivity index (χ2v) is 5.14. The zero-order chi connectivity index (χ0) is 14.8. The fourth-order valence-electron chi connectivity index (χ4n) is 2.48. The highest BCUT2D eigenvalue weighted by atomic mass is 16.7. The van der Waals surface area contributed by atoms with E-state index in [2.05, 4.69) is 4.98 Å². The second-order valence-electron chi connectivity index (χ2n) is 5.14. The maximum atomic E-state index is 12.1. The first kappa shape index (κ1) is 13.6. The average molecular weight is 287 g/mol. The molecular formula is C15H17N3O3. The normalized spacial score (nSPS) is 16.0. The van der Waals surface area contributed by atoms with Crippen LogP contribution in [0.1, 0.15) is 29.8 Å². The first-order chi connectivity index (χ1) is 10.1. The van der Waals surface area contributed by atoms with E-state index in [1.165, 1.54) is 6.07 Å². The zero-order valence-electron chi connectivity index (χ0n) is 11.6. The predicted octanol–water partition coefficient (Wildman–Crippen LogP) is 2.08. The molecule has 6 heteroatoms. The van der Waals surface area contributed by atoms with Crippen LogP contribution in [0.5, 0.6) is 5.75 Å². The van der Waals surface area contributed by atoms with E-state index >= 15 is 0 Å². The summed E-state index contributed by atoms with van der Waals surface area (Å²) in [6, 6.07) is 6.42. The number of benzene rings is 1. The molecule has 1 saturated heterocycles. The van der Waals surface area contributed by atoms with Crippen LogP contribution < -0.4 is 5.73 Å². The van der Waals surface area contributed by atoms with Gasteiger partial charge >= 0.3 is 5.97 Å². The number of nitrogen functional groups attached to an aromatic ring is 1. The molecule has 0 amide bonds. The summed E-state index contributed by atoms with van der Waals surface area (Å²) in [5.41, 5.74) is 6.72. The monoisotopic (exact) mass is 287 g/mol. The molecule has 0 aliphatic carbocycles. The molecule has 2 aromatic rings. The van der Waals surface area contributed by atoms with Gasteiger partial charge in [0, 0.05) is 24.5 Å². The summed E-state index contributed by atoms with van der Waals surface area (Å²) in [5, 5.41) is 12.2. The Bertz CT molecular complexity index is 681. The Morgan fingerprint density at radius 1 is 1.29 bits per heavy atom. The summed E-state index contributed by atoms with van der Waals surface area (Å²) < 4.78 is 0. The number of nitrogens with two attached hydrogens (primary N) is 1. The van der Waals surface area contributed by atoms with Gasteiger partial charge in [-0.2, -0.15) is 0 Å². The standard InChI is InChI=1S/C15H17N3O3/c16-11-6-4-5-10-13(19)9-12(17-14(10)11)15(20)21-18-7-2-1-3-8-18/h4-6,9H,1-3,7-8,16H2,(H,17,19). The van der Waals surface area contributed by atoms with Gasteiger partial charge in [-0.15, -0.1) is 5.06 Å². The van der Waals surface area contributed by atoms with E-state index < -0.39 is 5.97 Å². The number of nitrogens with zero attached hydrogens (tertiary/aromatic N) is 2. The molecule has 1 aliphatic rings. The van der Waals surface area contributed by atoms with Crippen molar-refractivity contribution in [3.05, 3.63) is 30.0 Å². The van der Waals surface area contributed by atoms with Crippen LogP contribution in [-0.2, 0) is 4.84 Å². The zero-order valence-corrected chi connectivity index (χ0v) is 11.6. The van der Waals surface area contributed by atoms with E-state index in [0.29, 0.717) is 16.6 Å². The Balaban J connectivity index is 1.89. The summed E-state index contributed by atoms with van der Waals surface area (Å²) in [7, 11) is 0. The number of hydrogen-bond donors (Lipinski definition) is 2. The van der Waals surface area contributed by atoms with Crippen LogP contribution in [0, 0.1) is 0 Å². The fraction of sp³-hybridized carbons (Fsp3) is 0.333. The van der Waals surface area contributed by atoms with Crippen LogP contribution in [0.4, 0.5) is 5.69 Å². The van der Waals surface area contributed by atoms with Crippen molar-refractivity contribution in [3.8, 4) is 5.75 Å². The van der Waals surface area contributed by atoms with Gasteiger partial charge in [0.05, 0.1) is 11.2 Å². The van der Waals surface area contributed by atoms with E-state index in [1.807, 2.05) is 0 Å². The van der Waals surface area contributed by atoms with Crippen molar-refractivity contribution in [2.45, 2.75) is 19.3 Å². The highest BCUT2D eigenvalue weighted by molar-refractivity contribution is 5.98. The molecule has 1 fully saturated rings. The first-order valence-corrected chi connectivity index (χ1v) is 7.00. The lowest BCUT2D eigenvalue weighted by Crippen LogP contribution is -2.32. The van der Waals surface area contributed by atoms with Gasteiger partial charge in [-0.25, -0.2) is 9.78 Å². The Morgan fingerprint density at radius 3 is 2.81 bits per heavy atom. The number of carbonyl (C=O) groups excluding carboxylic acids is 1. The van der Waals surface area contributed by atoms with Crippen LogP contribution in [0.2, 0.25) is 0 Å². The van der Waals surface area contributed by atoms with Crippen molar-refractivity contribution >= 4 is 22.6 Å². The van der Waals surface area contributed by atoms with Gasteiger partial charge in [-0.1, -0.05) is 12.5 Å². The number of pyridine rings is 1. The van der Waals surface area contributed by atoms with Crippen LogP contribution in [0.15, 0.2) is 24.3 Å². The lowest BCUT2D eigenvalue weighted by Gasteiger charge is -2.24. The van der Waals surface area contributed by atoms with Crippen LogP contribution >= 0.6 is 0 Å². The number of aromatic hydroxyl groups is 1. The highest BCUT2D eigenvalue weighted by Crippen LogP contribution is 2.28. The molecule has 1 aromatic heterocycles. The summed E-state index contributed by atoms with van der Waals surface area (Å²) in [6.07, 6.45) is 3.17. The molecule has 1 aromatic carbocycles. The third-order valence-electron chi connectivity index (χ3n) is 3.59. The molecule has 3 N–H and O–H groups in total. The molecule has 2 heterocycles. The molecule has 0 atom stereocenters. The molecule has 6 nitrogen and oxygen atoms in total. The van der Waals surface area contributed by atoms with Gasteiger partial charge < -0.3 is 15.7 Å². The van der Waals surface area contributed by atoms with Gasteiger partial charge in [-0.3, -0.25) is 0 Å². The summed E-state index contributed by atoms with van der Waals surface area (Å²) in [5.74, 6) is -0.602. The van der Waals surface area contributed by atoms with Crippen molar-refractivity contribution < 1.29 is 14.7 Å². The number of para-hydroxylation sites is 1. The molecule has 0 radical (unpaired) electrons. The minimum absolute atomic E-state index is 0.0297. The lowest BCUT2D eigenvalue weighted by molar-refractivity contribution is -0.119. The highest BCUT2D eigenvalue weighted by Gasteiger charge is 2.19. The number of piperidine rings is 1. The first-order valence-electron chi connectivity index (χ1n) is 7.00. The summed E-state index contributed by atoms with van der Waals surface area (Å²) in [6.45, 7) is 1.46. The van der Waals surface area contributed by atoms with Crippen LogP contribution in [0.3, 0.4) is 0 Å². The minimum Gasteiger partial charge on any atom is -0.507 e. The Kier molecular flexibility index (Phi) is 3.62. The van der Waals surface area contributed by atoms with E-state index in [1.54, 1.807) is 23.3 Å². The topological polar surface area (TPSA) is 88.7 Å². The van der Waals surface area contributed by atoms with Crippen molar-refractivity contribution in [1.82, 2.24) is 10.0 Å². The van der Waals surface area contributed by atoms with Crippen molar-refractivity contribution in [3.63, 3.8) is 0 Å². The van der Waals surface area contributed by atoms with E-state index in [-0.39, 0.29) is 11.4 Å². The molecule has 0 spiro atoms. The third-order valence-corrected chi connectivity index (χ3v) is 3.59. The molecule has 21 heavy (non-hydrogen) atoms. The van der Waals surface area contributed by atoms with Crippen molar-refractivity contribution in [2.24, 2.45) is 0 Å². The average Bonchev–Trinajstić information content (AvgIpc) is 2.49. The number of hydrogen-bond acceptors (Lipinski definition) is 6. The molecule has 0 bridgehead atoms. The predicted molar refractivity (Wildman–Crippen MR) is 78.7 cm³/mol. The molecular weight excluding hydrogens is 270 g/mol. The number of aromatic nitrogens is 1. The molecule has 3 rings (SSSR count). The van der Waals surface area contributed by atoms with Gasteiger partial charge in [0.2, 0.25) is 0 Å². The van der Waals surface area contributed by atoms with E-state index in [4.69, 9.17) is 10.6 Å². The number of hydroxylamine groups is 2. The number of rotatable bonds is 2. The number of carbonyl (C=O) groups is 1. The van der Waals surface area contributed by atoms with Gasteiger partial charge in [0.15, 0.2) is 5.69 Å². The maximum absolute atomic E-state index is 12.1. The van der Waals surface area contributed by atoms with Crippen LogP contribution in [-0.4, -0.2) is 34.2 Å². The SMILES string of the molecule is Nc1cccc2c(O)cc(C(=O)ON3CCCCC3)nc12. The molecule has 110 valence electrons. The van der Waals surface area contributed by atoms with Gasteiger partial charge in [-0.05, 0) is 25.0 Å². The van der Waals surface area contributed by atoms with Gasteiger partial charge in [0.25, 0.3) is 0 Å². The Morgan fingerprint density at radius 2 is 2.05 bits per heavy atom. The molecule has 0 saturated carbocycles. The fourth-order valence-corrected chi connectivity index (χ4v) is 2.48. The second kappa shape index (κ2) is 5.57. The van der Waals surface area contributed by atoms with E-state index in [0.717, 1.165) is 32.4 Å². The number of anilines is 1. The smallest absolute Gasteiger partial charge is 0.375 e. The Hall–Kier alpha value is -2.34. The number of fused-ring (bicyclic) bond motifs is 1. The van der Waals surface area contributed by atoms with Crippen LogP contribution in [0.25, 0.3) is 10.9 Å². The maximum Gasteiger partial charge on any atom is 0.375 e. The molecule has 1 aliphatic heterocycles. The summed E-state index contributed by atoms with van der Waals surface area (Å²) >= 11 is 0. The van der Waals surface area contributed by atoms with E-state index in [9.17, 15) is 9.90 Å². The van der Waals surface area contributed by atoms with Crippen molar-refractivity contribution in [2.75, 3.05) is 18.8 Å². The molecule has 0 unspecified atom stereocenters. The summed E-state index contributed by atoms with van der Waals surface area (Å²) in [4.78, 5) is 21.7. The Labute approximate surface area is 122 Å². The lowest BCUT2D eigenvalue weighted by atomic mass is 10.1. The van der Waals surface area contributed by atoms with Crippen molar-refractivity contribution in [1.29, 1.82) is 0 Å². The quantitative estimate of drug-likeness (QED) is 0.822. The largest absolute Gasteiger partial charge is 0.507 e. The third kappa shape index (κ3) is 2.75. The van der Waals surface area contributed by atoms with Gasteiger partial charge in [0.1, 0.15) is 5.75 Å².